The molecule has 0 aromatic heterocycles. The van der Waals surface area contributed by atoms with E-state index in [4.69, 9.17) is 5.73 Å². The van der Waals surface area contributed by atoms with Gasteiger partial charge in [0.25, 0.3) is 5.91 Å². The molecule has 112 valence electrons. The van der Waals surface area contributed by atoms with Crippen molar-refractivity contribution in [2.75, 3.05) is 19.6 Å². The van der Waals surface area contributed by atoms with Crippen LogP contribution in [0.15, 0.2) is 18.2 Å². The molecule has 2 unspecified atom stereocenters. The summed E-state index contributed by atoms with van der Waals surface area (Å²) >= 11 is 1.95. The molecule has 0 spiro atoms. The molecule has 1 aromatic rings. The minimum Gasteiger partial charge on any atom is -0.336 e. The van der Waals surface area contributed by atoms with Crippen molar-refractivity contribution >= 4 is 17.7 Å². The maximum absolute atomic E-state index is 12.6. The van der Waals surface area contributed by atoms with Crippen LogP contribution in [0.25, 0.3) is 0 Å². The van der Waals surface area contributed by atoms with Crippen molar-refractivity contribution in [1.29, 1.82) is 0 Å². The lowest BCUT2D eigenvalue weighted by Crippen LogP contribution is -2.44. The molecule has 0 radical (unpaired) electrons. The fourth-order valence-corrected chi connectivity index (χ4v) is 3.93. The number of thioether (sulfide) groups is 1. The highest BCUT2D eigenvalue weighted by Gasteiger charge is 2.26. The highest BCUT2D eigenvalue weighted by Crippen LogP contribution is 2.26. The lowest BCUT2D eigenvalue weighted by atomic mass is 10.0. The third-order valence-corrected chi connectivity index (χ3v) is 4.73. The second-order valence-corrected chi connectivity index (χ2v) is 7.38. The largest absolute Gasteiger partial charge is 0.336 e. The van der Waals surface area contributed by atoms with Gasteiger partial charge in [-0.15, -0.1) is 0 Å². The van der Waals surface area contributed by atoms with Crippen LogP contribution >= 0.6 is 11.8 Å². The van der Waals surface area contributed by atoms with Crippen LogP contribution in [0.4, 0.5) is 0 Å². The van der Waals surface area contributed by atoms with Crippen LogP contribution in [0.2, 0.25) is 0 Å². The van der Waals surface area contributed by atoms with Crippen molar-refractivity contribution in [2.24, 2.45) is 5.73 Å². The number of hydrogen-bond acceptors (Lipinski definition) is 3. The van der Waals surface area contributed by atoms with Crippen molar-refractivity contribution < 1.29 is 4.79 Å². The van der Waals surface area contributed by atoms with Gasteiger partial charge in [-0.1, -0.05) is 25.7 Å². The van der Waals surface area contributed by atoms with Crippen molar-refractivity contribution in [3.05, 3.63) is 34.9 Å². The maximum atomic E-state index is 12.6. The number of carbonyl (C=O) groups excluding carboxylic acids is 1. The normalized spacial score (nSPS) is 21.6. The summed E-state index contributed by atoms with van der Waals surface area (Å²) in [5.74, 6) is 6.00. The van der Waals surface area contributed by atoms with E-state index in [1.54, 1.807) is 0 Å². The Morgan fingerprint density at radius 3 is 2.62 bits per heavy atom. The van der Waals surface area contributed by atoms with Gasteiger partial charge in [0.05, 0.1) is 6.54 Å². The van der Waals surface area contributed by atoms with E-state index in [0.717, 1.165) is 29.8 Å². The Morgan fingerprint density at radius 1 is 1.38 bits per heavy atom. The van der Waals surface area contributed by atoms with E-state index in [-0.39, 0.29) is 5.91 Å². The second-order valence-electron chi connectivity index (χ2n) is 5.50. The van der Waals surface area contributed by atoms with E-state index in [0.29, 0.717) is 17.0 Å². The minimum absolute atomic E-state index is 0.121. The standard InChI is InChI=1S/C17H22N2OS/c1-12-9-16(7-6-15(12)5-4-8-18)17(20)19-10-13(2)21-14(3)11-19/h6-7,9,13-14H,8,10-11,18H2,1-3H3. The molecule has 2 N–H and O–H groups in total. The molecule has 1 fully saturated rings. The zero-order valence-corrected chi connectivity index (χ0v) is 13.7. The van der Waals surface area contributed by atoms with E-state index < -0.39 is 0 Å². The summed E-state index contributed by atoms with van der Waals surface area (Å²) in [7, 11) is 0. The van der Waals surface area contributed by atoms with Gasteiger partial charge in [0.2, 0.25) is 0 Å². The fraction of sp³-hybridized carbons (Fsp3) is 0.471. The highest BCUT2D eigenvalue weighted by atomic mass is 32.2. The average Bonchev–Trinajstić information content (AvgIpc) is 2.44. The number of rotatable bonds is 1. The molecule has 21 heavy (non-hydrogen) atoms. The molecule has 1 aliphatic rings. The lowest BCUT2D eigenvalue weighted by molar-refractivity contribution is 0.0753. The topological polar surface area (TPSA) is 46.3 Å². The van der Waals surface area contributed by atoms with Gasteiger partial charge < -0.3 is 10.6 Å². The summed E-state index contributed by atoms with van der Waals surface area (Å²) in [4.78, 5) is 14.6. The second kappa shape index (κ2) is 7.02. The number of aryl methyl sites for hydroxylation is 1. The SMILES string of the molecule is Cc1cc(C(=O)N2CC(C)SC(C)C2)ccc1C#CCN. The molecule has 1 saturated heterocycles. The molecule has 3 nitrogen and oxygen atoms in total. The molecule has 4 heteroatoms. The van der Waals surface area contributed by atoms with Crippen LogP contribution in [-0.4, -0.2) is 40.9 Å². The monoisotopic (exact) mass is 302 g/mol. The molecular formula is C17H22N2OS. The number of carbonyl (C=O) groups is 1. The molecule has 1 heterocycles. The third-order valence-electron chi connectivity index (χ3n) is 3.51. The van der Waals surface area contributed by atoms with Gasteiger partial charge in [0.15, 0.2) is 0 Å². The van der Waals surface area contributed by atoms with Crippen molar-refractivity contribution in [2.45, 2.75) is 31.3 Å². The lowest BCUT2D eigenvalue weighted by Gasteiger charge is -2.34. The van der Waals surface area contributed by atoms with E-state index in [9.17, 15) is 4.79 Å². The predicted octanol–water partition coefficient (Wildman–Crippen LogP) is 2.27. The summed E-state index contributed by atoms with van der Waals surface area (Å²) in [5, 5.41) is 0.988. The van der Waals surface area contributed by atoms with Crippen molar-refractivity contribution in [1.82, 2.24) is 4.90 Å². The quantitative estimate of drug-likeness (QED) is 0.810. The van der Waals surface area contributed by atoms with E-state index in [1.807, 2.05) is 41.8 Å². The first kappa shape index (κ1) is 15.9. The summed E-state index contributed by atoms with van der Waals surface area (Å²) < 4.78 is 0. The predicted molar refractivity (Wildman–Crippen MR) is 89.5 cm³/mol. The highest BCUT2D eigenvalue weighted by molar-refractivity contribution is 8.00. The van der Waals surface area contributed by atoms with Gasteiger partial charge >= 0.3 is 0 Å². The first-order chi connectivity index (χ1) is 10.0. The minimum atomic E-state index is 0.121. The third kappa shape index (κ3) is 4.03. The fourth-order valence-electron chi connectivity index (χ4n) is 2.61. The Labute approximate surface area is 131 Å². The van der Waals surface area contributed by atoms with E-state index in [1.165, 1.54) is 0 Å². The summed E-state index contributed by atoms with van der Waals surface area (Å²) in [5.41, 5.74) is 8.10. The van der Waals surface area contributed by atoms with Gasteiger partial charge in [0.1, 0.15) is 0 Å². The molecular weight excluding hydrogens is 280 g/mol. The van der Waals surface area contributed by atoms with Gasteiger partial charge in [-0.2, -0.15) is 11.8 Å². The average molecular weight is 302 g/mol. The molecule has 0 aliphatic carbocycles. The summed E-state index contributed by atoms with van der Waals surface area (Å²) in [6.07, 6.45) is 0. The first-order valence-corrected chi connectivity index (χ1v) is 8.20. The van der Waals surface area contributed by atoms with Crippen LogP contribution in [0.5, 0.6) is 0 Å². The molecule has 0 saturated carbocycles. The Balaban J connectivity index is 2.18. The van der Waals surface area contributed by atoms with Gasteiger partial charge in [0, 0.05) is 34.7 Å². The Bertz CT molecular complexity index is 578. The van der Waals surface area contributed by atoms with Crippen molar-refractivity contribution in [3.8, 4) is 11.8 Å². The number of hydrogen-bond donors (Lipinski definition) is 1. The molecule has 1 aliphatic heterocycles. The van der Waals surface area contributed by atoms with Crippen molar-refractivity contribution in [3.63, 3.8) is 0 Å². The maximum Gasteiger partial charge on any atom is 0.253 e. The van der Waals surface area contributed by atoms with E-state index in [2.05, 4.69) is 25.7 Å². The van der Waals surface area contributed by atoms with Crippen LogP contribution in [0.1, 0.15) is 35.3 Å². The molecule has 2 atom stereocenters. The molecule has 0 bridgehead atoms. The zero-order chi connectivity index (χ0) is 15.4. The van der Waals surface area contributed by atoms with E-state index >= 15 is 0 Å². The van der Waals surface area contributed by atoms with Crippen LogP contribution < -0.4 is 5.73 Å². The Morgan fingerprint density at radius 2 is 2.05 bits per heavy atom. The molecule has 1 aromatic carbocycles. The number of benzene rings is 1. The van der Waals surface area contributed by atoms with Crippen LogP contribution in [0.3, 0.4) is 0 Å². The van der Waals surface area contributed by atoms with Crippen LogP contribution in [0, 0.1) is 18.8 Å². The number of nitrogens with zero attached hydrogens (tertiary/aromatic N) is 1. The smallest absolute Gasteiger partial charge is 0.253 e. The molecule has 1 amide bonds. The van der Waals surface area contributed by atoms with Gasteiger partial charge in [-0.3, -0.25) is 4.79 Å². The number of nitrogens with two attached hydrogens (primary N) is 1. The van der Waals surface area contributed by atoms with Gasteiger partial charge in [-0.25, -0.2) is 0 Å². The zero-order valence-electron chi connectivity index (χ0n) is 12.8. The Hall–Kier alpha value is -1.44. The number of amides is 1. The molecule has 2 rings (SSSR count). The summed E-state index contributed by atoms with van der Waals surface area (Å²) in [6, 6.07) is 5.71. The van der Waals surface area contributed by atoms with Gasteiger partial charge in [-0.05, 0) is 30.7 Å². The Kier molecular flexibility index (Phi) is 5.33. The summed E-state index contributed by atoms with van der Waals surface area (Å²) in [6.45, 7) is 8.33. The van der Waals surface area contributed by atoms with Crippen LogP contribution in [-0.2, 0) is 0 Å². The first-order valence-electron chi connectivity index (χ1n) is 7.25.